The van der Waals surface area contributed by atoms with Gasteiger partial charge in [-0.25, -0.2) is 9.59 Å². The van der Waals surface area contributed by atoms with Crippen molar-refractivity contribution in [2.75, 3.05) is 21.3 Å². The number of nitro benzene ring substituents is 1. The molecule has 142 valence electrons. The molecule has 0 bridgehead atoms. The summed E-state index contributed by atoms with van der Waals surface area (Å²) in [4.78, 5) is 35.7. The third-order valence-corrected chi connectivity index (χ3v) is 4.68. The van der Waals surface area contributed by atoms with Gasteiger partial charge in [0.25, 0.3) is 5.69 Å². The molecule has 0 spiro atoms. The van der Waals surface area contributed by atoms with Crippen LogP contribution in [0.5, 0.6) is 0 Å². The lowest BCUT2D eigenvalue weighted by molar-refractivity contribution is -0.388. The highest BCUT2D eigenvalue weighted by atomic mass is 32.2. The molecule has 8 nitrogen and oxygen atoms in total. The number of nitrogens with zero attached hydrogens (tertiary/aromatic N) is 1. The van der Waals surface area contributed by atoms with Crippen LogP contribution in [0.3, 0.4) is 0 Å². The van der Waals surface area contributed by atoms with Crippen LogP contribution in [-0.2, 0) is 20.8 Å². The number of methoxy groups -OCH3 is 3. The maximum atomic E-state index is 12.0. The van der Waals surface area contributed by atoms with Gasteiger partial charge in [-0.3, -0.25) is 10.1 Å². The molecule has 0 saturated carbocycles. The van der Waals surface area contributed by atoms with E-state index in [1.54, 1.807) is 24.3 Å². The maximum Gasteiger partial charge on any atom is 0.339 e. The molecule has 0 atom stereocenters. The molecule has 0 radical (unpaired) electrons. The quantitative estimate of drug-likeness (QED) is 0.401. The number of ether oxygens (including phenoxy) is 3. The summed E-state index contributed by atoms with van der Waals surface area (Å²) < 4.78 is 14.5. The minimum absolute atomic E-state index is 0.0621. The van der Waals surface area contributed by atoms with Crippen molar-refractivity contribution in [2.45, 2.75) is 16.4 Å². The topological polar surface area (TPSA) is 105 Å². The fraction of sp³-hybridized carbons (Fsp3) is 0.222. The molecule has 9 heteroatoms. The minimum atomic E-state index is -0.634. The molecule has 2 aromatic carbocycles. The molecule has 2 aromatic rings. The van der Waals surface area contributed by atoms with E-state index in [4.69, 9.17) is 14.2 Å². The second-order valence-corrected chi connectivity index (χ2v) is 6.34. The second kappa shape index (κ2) is 9.15. The first-order valence-corrected chi connectivity index (χ1v) is 8.48. The van der Waals surface area contributed by atoms with Crippen LogP contribution in [0.1, 0.15) is 26.3 Å². The van der Waals surface area contributed by atoms with Crippen molar-refractivity contribution in [2.24, 2.45) is 0 Å². The van der Waals surface area contributed by atoms with Crippen molar-refractivity contribution in [3.05, 3.63) is 63.2 Å². The highest BCUT2D eigenvalue weighted by Crippen LogP contribution is 2.39. The summed E-state index contributed by atoms with van der Waals surface area (Å²) in [6.45, 7) is -0.0621. The Morgan fingerprint density at radius 2 is 1.70 bits per heavy atom. The Bertz CT molecular complexity index is 882. The molecule has 2 rings (SSSR count). The van der Waals surface area contributed by atoms with Crippen molar-refractivity contribution < 1.29 is 28.7 Å². The summed E-state index contributed by atoms with van der Waals surface area (Å²) in [7, 11) is 3.87. The number of hydrogen-bond acceptors (Lipinski definition) is 8. The summed E-state index contributed by atoms with van der Waals surface area (Å²) in [6.07, 6.45) is 0. The van der Waals surface area contributed by atoms with Crippen molar-refractivity contribution >= 4 is 29.4 Å². The SMILES string of the molecule is COCc1cc(C(=O)OC)cc(Sc2ccccc2C(=O)OC)c1[N+](=O)[O-]. The summed E-state index contributed by atoms with van der Waals surface area (Å²) in [5.41, 5.74) is 0.432. The second-order valence-electron chi connectivity index (χ2n) is 5.25. The van der Waals surface area contributed by atoms with Crippen LogP contribution in [0.25, 0.3) is 0 Å². The Morgan fingerprint density at radius 3 is 2.30 bits per heavy atom. The smallest absolute Gasteiger partial charge is 0.339 e. The summed E-state index contributed by atoms with van der Waals surface area (Å²) in [5.74, 6) is -1.20. The molecule has 0 unspecified atom stereocenters. The Kier molecular flexibility index (Phi) is 6.91. The van der Waals surface area contributed by atoms with Crippen LogP contribution < -0.4 is 0 Å². The first-order chi connectivity index (χ1) is 12.9. The van der Waals surface area contributed by atoms with Gasteiger partial charge in [-0.15, -0.1) is 0 Å². The minimum Gasteiger partial charge on any atom is -0.465 e. The highest BCUT2D eigenvalue weighted by molar-refractivity contribution is 7.99. The van der Waals surface area contributed by atoms with Gasteiger partial charge < -0.3 is 14.2 Å². The average Bonchev–Trinajstić information content (AvgIpc) is 2.66. The molecular formula is C18H17NO7S. The van der Waals surface area contributed by atoms with Crippen molar-refractivity contribution in [3.63, 3.8) is 0 Å². The Balaban J connectivity index is 2.64. The molecule has 0 aliphatic heterocycles. The number of carbonyl (C=O) groups is 2. The lowest BCUT2D eigenvalue weighted by atomic mass is 10.1. The van der Waals surface area contributed by atoms with Gasteiger partial charge in [0.15, 0.2) is 0 Å². The third kappa shape index (κ3) is 4.63. The van der Waals surface area contributed by atoms with Gasteiger partial charge in [0.05, 0.1) is 47.3 Å². The normalized spacial score (nSPS) is 10.3. The lowest BCUT2D eigenvalue weighted by Crippen LogP contribution is -2.07. The monoisotopic (exact) mass is 391 g/mol. The van der Waals surface area contributed by atoms with Gasteiger partial charge >= 0.3 is 11.9 Å². The van der Waals surface area contributed by atoms with Gasteiger partial charge in [0.2, 0.25) is 0 Å². The van der Waals surface area contributed by atoms with Gasteiger partial charge in [-0.1, -0.05) is 23.9 Å². The van der Waals surface area contributed by atoms with Crippen molar-refractivity contribution in [1.29, 1.82) is 0 Å². The molecule has 0 N–H and O–H groups in total. The van der Waals surface area contributed by atoms with Crippen molar-refractivity contribution in [1.82, 2.24) is 0 Å². The standard InChI is InChI=1S/C18H17NO7S/c1-24-10-12-8-11(17(20)25-2)9-15(16(12)19(22)23)27-14-7-5-4-6-13(14)18(21)26-3/h4-9H,10H2,1-3H3. The Hall–Kier alpha value is -2.91. The van der Waals surface area contributed by atoms with E-state index in [2.05, 4.69) is 0 Å². The van der Waals surface area contributed by atoms with E-state index in [9.17, 15) is 19.7 Å². The zero-order valence-electron chi connectivity index (χ0n) is 14.9. The van der Waals surface area contributed by atoms with Gasteiger partial charge in [-0.05, 0) is 24.3 Å². The van der Waals surface area contributed by atoms with Crippen LogP contribution in [0.15, 0.2) is 46.2 Å². The van der Waals surface area contributed by atoms with E-state index in [1.165, 1.54) is 33.5 Å². The molecule has 0 amide bonds. The largest absolute Gasteiger partial charge is 0.465 e. The highest BCUT2D eigenvalue weighted by Gasteiger charge is 2.25. The van der Waals surface area contributed by atoms with E-state index in [0.717, 1.165) is 11.8 Å². The molecule has 0 aromatic heterocycles. The molecule has 0 aliphatic carbocycles. The van der Waals surface area contributed by atoms with E-state index in [-0.39, 0.29) is 33.9 Å². The molecule has 0 saturated heterocycles. The fourth-order valence-corrected chi connectivity index (χ4v) is 3.54. The van der Waals surface area contributed by atoms with Gasteiger partial charge in [0, 0.05) is 12.0 Å². The molecule has 0 fully saturated rings. The van der Waals surface area contributed by atoms with Crippen LogP contribution in [-0.4, -0.2) is 38.2 Å². The van der Waals surface area contributed by atoms with Crippen LogP contribution in [0.2, 0.25) is 0 Å². The zero-order chi connectivity index (χ0) is 20.0. The zero-order valence-corrected chi connectivity index (χ0v) is 15.7. The van der Waals surface area contributed by atoms with E-state index in [0.29, 0.717) is 4.90 Å². The number of carbonyl (C=O) groups excluding carboxylic acids is 2. The summed E-state index contributed by atoms with van der Waals surface area (Å²) in [6, 6.07) is 9.28. The first-order valence-electron chi connectivity index (χ1n) is 7.66. The number of benzene rings is 2. The van der Waals surface area contributed by atoms with Gasteiger partial charge in [0.1, 0.15) is 0 Å². The predicted molar refractivity (Wildman–Crippen MR) is 97.1 cm³/mol. The number of rotatable bonds is 7. The molecular weight excluding hydrogens is 374 g/mol. The maximum absolute atomic E-state index is 12.0. The first kappa shape index (κ1) is 20.4. The van der Waals surface area contributed by atoms with Crippen LogP contribution >= 0.6 is 11.8 Å². The Morgan fingerprint density at radius 1 is 1.04 bits per heavy atom. The predicted octanol–water partition coefficient (Wildman–Crippen LogP) is 3.47. The average molecular weight is 391 g/mol. The third-order valence-electron chi connectivity index (χ3n) is 3.57. The number of esters is 2. The van der Waals surface area contributed by atoms with Gasteiger partial charge in [-0.2, -0.15) is 0 Å². The summed E-state index contributed by atoms with van der Waals surface area (Å²) >= 11 is 0.989. The van der Waals surface area contributed by atoms with E-state index < -0.39 is 16.9 Å². The van der Waals surface area contributed by atoms with Crippen LogP contribution in [0.4, 0.5) is 5.69 Å². The molecule has 27 heavy (non-hydrogen) atoms. The van der Waals surface area contributed by atoms with Crippen molar-refractivity contribution in [3.8, 4) is 0 Å². The molecule has 0 heterocycles. The summed E-state index contributed by atoms with van der Waals surface area (Å²) in [5, 5.41) is 11.7. The fourth-order valence-electron chi connectivity index (χ4n) is 2.40. The number of hydrogen-bond donors (Lipinski definition) is 0. The van der Waals surface area contributed by atoms with Crippen LogP contribution in [0, 0.1) is 10.1 Å². The Labute approximate surface area is 159 Å². The van der Waals surface area contributed by atoms with E-state index >= 15 is 0 Å². The molecule has 0 aliphatic rings. The lowest BCUT2D eigenvalue weighted by Gasteiger charge is -2.12. The van der Waals surface area contributed by atoms with E-state index in [1.807, 2.05) is 0 Å². The number of nitro groups is 1.